The first-order valence-corrected chi connectivity index (χ1v) is 5.63. The summed E-state index contributed by atoms with van der Waals surface area (Å²) in [6.45, 7) is 0. The maximum atomic E-state index is 14.0. The van der Waals surface area contributed by atoms with Crippen LogP contribution in [-0.2, 0) is 10.3 Å². The Morgan fingerprint density at radius 2 is 2.24 bits per heavy atom. The third kappa shape index (κ3) is 1.94. The number of benzene rings is 1. The van der Waals surface area contributed by atoms with E-state index in [1.807, 2.05) is 0 Å². The zero-order valence-corrected chi connectivity index (χ0v) is 10.1. The second-order valence-corrected chi connectivity index (χ2v) is 4.47. The summed E-state index contributed by atoms with van der Waals surface area (Å²) < 4.78 is 19.0. The lowest BCUT2D eigenvalue weighted by Gasteiger charge is -2.37. The number of isocyanates is 1. The summed E-state index contributed by atoms with van der Waals surface area (Å²) in [5.41, 5.74) is -0.485. The molecule has 0 atom stereocenters. The van der Waals surface area contributed by atoms with Crippen molar-refractivity contribution in [3.05, 3.63) is 28.5 Å². The molecule has 90 valence electrons. The van der Waals surface area contributed by atoms with E-state index in [9.17, 15) is 9.18 Å². The smallest absolute Gasteiger partial charge is 0.235 e. The number of ether oxygens (including phenoxy) is 1. The molecule has 17 heavy (non-hydrogen) atoms. The van der Waals surface area contributed by atoms with Gasteiger partial charge < -0.3 is 4.74 Å². The molecule has 0 N–H and O–H groups in total. The Bertz CT molecular complexity index is 494. The minimum Gasteiger partial charge on any atom is -0.497 e. The predicted octanol–water partition coefficient (Wildman–Crippen LogP) is 3.20. The highest BCUT2D eigenvalue weighted by Gasteiger charge is 2.41. The number of aliphatic imine (C=N–C) groups is 1. The molecule has 1 aliphatic carbocycles. The van der Waals surface area contributed by atoms with Gasteiger partial charge in [0.2, 0.25) is 6.08 Å². The molecule has 0 heterocycles. The molecule has 0 aliphatic heterocycles. The van der Waals surface area contributed by atoms with Gasteiger partial charge in [0.05, 0.1) is 12.1 Å². The van der Waals surface area contributed by atoms with Crippen molar-refractivity contribution in [1.29, 1.82) is 0 Å². The summed E-state index contributed by atoms with van der Waals surface area (Å²) in [5, 5.41) is -0.0216. The average Bonchev–Trinajstić information content (AvgIpc) is 2.27. The molecule has 5 heteroatoms. The largest absolute Gasteiger partial charge is 0.497 e. The molecular formula is C12H11ClFNO2. The van der Waals surface area contributed by atoms with Crippen molar-refractivity contribution < 1.29 is 13.9 Å². The minimum absolute atomic E-state index is 0.0216. The molecular weight excluding hydrogens is 245 g/mol. The third-order valence-corrected chi connectivity index (χ3v) is 3.45. The first-order valence-electron chi connectivity index (χ1n) is 5.25. The minimum atomic E-state index is -0.802. The van der Waals surface area contributed by atoms with Gasteiger partial charge >= 0.3 is 0 Å². The van der Waals surface area contributed by atoms with E-state index in [-0.39, 0.29) is 5.02 Å². The number of carbonyl (C=O) groups excluding carboxylic acids is 1. The average molecular weight is 256 g/mol. The van der Waals surface area contributed by atoms with Crippen LogP contribution in [0.15, 0.2) is 17.1 Å². The molecule has 1 aromatic carbocycles. The third-order valence-electron chi connectivity index (χ3n) is 3.18. The summed E-state index contributed by atoms with van der Waals surface area (Å²) in [4.78, 5) is 14.2. The van der Waals surface area contributed by atoms with Gasteiger partial charge in [-0.25, -0.2) is 9.18 Å². The normalized spacial score (nSPS) is 16.9. The van der Waals surface area contributed by atoms with Crippen molar-refractivity contribution in [2.24, 2.45) is 4.99 Å². The van der Waals surface area contributed by atoms with Gasteiger partial charge in [-0.2, -0.15) is 4.99 Å². The number of nitrogens with zero attached hydrogens (tertiary/aromatic N) is 1. The SMILES string of the molecule is COc1cc(Cl)c(F)c(C2(N=C=O)CCC2)c1. The Balaban J connectivity index is 2.57. The first kappa shape index (κ1) is 12.1. The molecule has 3 nitrogen and oxygen atoms in total. The molecule has 1 saturated carbocycles. The Labute approximate surface area is 103 Å². The van der Waals surface area contributed by atoms with Crippen molar-refractivity contribution in [3.8, 4) is 5.75 Å². The zero-order chi connectivity index (χ0) is 12.5. The molecule has 0 spiro atoms. The zero-order valence-electron chi connectivity index (χ0n) is 9.30. The number of hydrogen-bond acceptors (Lipinski definition) is 3. The lowest BCUT2D eigenvalue weighted by molar-refractivity contribution is 0.246. The van der Waals surface area contributed by atoms with E-state index < -0.39 is 11.4 Å². The van der Waals surface area contributed by atoms with Crippen LogP contribution < -0.4 is 4.74 Å². The van der Waals surface area contributed by atoms with Crippen molar-refractivity contribution >= 4 is 17.7 Å². The highest BCUT2D eigenvalue weighted by atomic mass is 35.5. The van der Waals surface area contributed by atoms with E-state index in [1.165, 1.54) is 19.3 Å². The molecule has 1 fully saturated rings. The van der Waals surface area contributed by atoms with Crippen LogP contribution in [0.5, 0.6) is 5.75 Å². The van der Waals surface area contributed by atoms with E-state index in [0.29, 0.717) is 24.2 Å². The summed E-state index contributed by atoms with van der Waals surface area (Å²) in [6, 6.07) is 2.94. The summed E-state index contributed by atoms with van der Waals surface area (Å²) in [6.07, 6.45) is 3.68. The maximum absolute atomic E-state index is 14.0. The van der Waals surface area contributed by atoms with Gasteiger partial charge in [0.1, 0.15) is 17.1 Å². The summed E-state index contributed by atoms with van der Waals surface area (Å²) in [7, 11) is 1.48. The van der Waals surface area contributed by atoms with E-state index in [0.717, 1.165) is 6.42 Å². The van der Waals surface area contributed by atoms with Gasteiger partial charge in [0, 0.05) is 11.6 Å². The highest BCUT2D eigenvalue weighted by Crippen LogP contribution is 2.47. The maximum Gasteiger partial charge on any atom is 0.235 e. The van der Waals surface area contributed by atoms with E-state index in [1.54, 1.807) is 6.07 Å². The topological polar surface area (TPSA) is 38.7 Å². The van der Waals surface area contributed by atoms with Crippen LogP contribution in [-0.4, -0.2) is 13.2 Å². The monoisotopic (exact) mass is 255 g/mol. The second-order valence-electron chi connectivity index (χ2n) is 4.06. The molecule has 0 bridgehead atoms. The standard InChI is InChI=1S/C12H11ClFNO2/c1-17-8-5-9(11(14)10(13)6-8)12(15-7-16)3-2-4-12/h5-6H,2-4H2,1H3. The highest BCUT2D eigenvalue weighted by molar-refractivity contribution is 6.31. The fraction of sp³-hybridized carbons (Fsp3) is 0.417. The molecule has 0 unspecified atom stereocenters. The van der Waals surface area contributed by atoms with Crippen LogP contribution in [0, 0.1) is 5.82 Å². The van der Waals surface area contributed by atoms with E-state index >= 15 is 0 Å². The summed E-state index contributed by atoms with van der Waals surface area (Å²) in [5.74, 6) is -0.0788. The fourth-order valence-electron chi connectivity index (χ4n) is 2.06. The first-order chi connectivity index (χ1) is 8.13. The fourth-order valence-corrected chi connectivity index (χ4v) is 2.27. The molecule has 2 rings (SSSR count). The number of halogens is 2. The molecule has 1 aromatic rings. The van der Waals surface area contributed by atoms with Gasteiger partial charge in [-0.05, 0) is 25.3 Å². The van der Waals surface area contributed by atoms with E-state index in [2.05, 4.69) is 4.99 Å². The summed E-state index contributed by atoms with van der Waals surface area (Å²) >= 11 is 5.79. The van der Waals surface area contributed by atoms with Gasteiger partial charge in [-0.3, -0.25) is 0 Å². The van der Waals surface area contributed by atoms with E-state index in [4.69, 9.17) is 16.3 Å². The van der Waals surface area contributed by atoms with Gasteiger partial charge in [-0.1, -0.05) is 11.6 Å². The van der Waals surface area contributed by atoms with Crippen molar-refractivity contribution in [1.82, 2.24) is 0 Å². The molecule has 0 radical (unpaired) electrons. The Hall–Kier alpha value is -1.38. The lowest BCUT2D eigenvalue weighted by atomic mass is 9.72. The van der Waals surface area contributed by atoms with Crippen LogP contribution in [0.25, 0.3) is 0 Å². The van der Waals surface area contributed by atoms with Crippen LogP contribution in [0.3, 0.4) is 0 Å². The van der Waals surface area contributed by atoms with Crippen LogP contribution in [0.2, 0.25) is 5.02 Å². The Morgan fingerprint density at radius 3 is 2.71 bits per heavy atom. The van der Waals surface area contributed by atoms with Gasteiger partial charge in [-0.15, -0.1) is 0 Å². The molecule has 1 aliphatic rings. The van der Waals surface area contributed by atoms with Gasteiger partial charge in [0.15, 0.2) is 0 Å². The Morgan fingerprint density at radius 1 is 1.53 bits per heavy atom. The van der Waals surface area contributed by atoms with Crippen LogP contribution in [0.1, 0.15) is 24.8 Å². The predicted molar refractivity (Wildman–Crippen MR) is 61.6 cm³/mol. The number of hydrogen-bond donors (Lipinski definition) is 0. The van der Waals surface area contributed by atoms with Crippen molar-refractivity contribution in [2.75, 3.05) is 7.11 Å². The number of methoxy groups -OCH3 is 1. The molecule has 0 aromatic heterocycles. The van der Waals surface area contributed by atoms with Gasteiger partial charge in [0.25, 0.3) is 0 Å². The lowest BCUT2D eigenvalue weighted by Crippen LogP contribution is -2.33. The quantitative estimate of drug-likeness (QED) is 0.615. The van der Waals surface area contributed by atoms with Crippen LogP contribution >= 0.6 is 11.6 Å². The second kappa shape index (κ2) is 4.47. The number of rotatable bonds is 3. The van der Waals surface area contributed by atoms with Crippen molar-refractivity contribution in [3.63, 3.8) is 0 Å². The van der Waals surface area contributed by atoms with Crippen LogP contribution in [0.4, 0.5) is 4.39 Å². The van der Waals surface area contributed by atoms with Crippen molar-refractivity contribution in [2.45, 2.75) is 24.8 Å². The molecule has 0 amide bonds. The molecule has 0 saturated heterocycles. The Kier molecular flexibility index (Phi) is 3.18.